The van der Waals surface area contributed by atoms with Crippen LogP contribution in [0.1, 0.15) is 34.6 Å². The van der Waals surface area contributed by atoms with E-state index in [0.29, 0.717) is 5.92 Å². The van der Waals surface area contributed by atoms with Crippen LogP contribution in [-0.4, -0.2) is 29.8 Å². The van der Waals surface area contributed by atoms with Gasteiger partial charge in [0.1, 0.15) is 6.29 Å². The zero-order valence-corrected chi connectivity index (χ0v) is 9.09. The van der Waals surface area contributed by atoms with Crippen molar-refractivity contribution in [2.45, 2.75) is 46.2 Å². The summed E-state index contributed by atoms with van der Waals surface area (Å²) in [7, 11) is 2.00. The first-order valence-corrected chi connectivity index (χ1v) is 4.49. The van der Waals surface area contributed by atoms with Crippen molar-refractivity contribution in [2.75, 3.05) is 7.05 Å². The first kappa shape index (κ1) is 11.6. The van der Waals surface area contributed by atoms with Gasteiger partial charge in [-0.2, -0.15) is 0 Å². The highest BCUT2D eigenvalue weighted by Crippen LogP contribution is 2.17. The predicted molar refractivity (Wildman–Crippen MR) is 52.2 cm³/mol. The van der Waals surface area contributed by atoms with Gasteiger partial charge in [-0.1, -0.05) is 13.8 Å². The number of rotatable bonds is 3. The number of likely N-dealkylation sites (N-methyl/N-ethyl adjacent to an activating group) is 1. The molecule has 2 heteroatoms. The Morgan fingerprint density at radius 1 is 1.25 bits per heavy atom. The molecule has 0 bridgehead atoms. The quantitative estimate of drug-likeness (QED) is 0.605. The van der Waals surface area contributed by atoms with Crippen LogP contribution in [0.4, 0.5) is 0 Å². The highest BCUT2D eigenvalue weighted by molar-refractivity contribution is 5.58. The van der Waals surface area contributed by atoms with E-state index in [-0.39, 0.29) is 11.6 Å². The van der Waals surface area contributed by atoms with Crippen molar-refractivity contribution in [3.05, 3.63) is 0 Å². The number of hydrogen-bond donors (Lipinski definition) is 0. The first-order valence-electron chi connectivity index (χ1n) is 4.49. The molecule has 12 heavy (non-hydrogen) atoms. The van der Waals surface area contributed by atoms with Gasteiger partial charge in [-0.25, -0.2) is 0 Å². The molecular formula is C10H21NO. The van der Waals surface area contributed by atoms with Crippen molar-refractivity contribution in [2.24, 2.45) is 5.92 Å². The van der Waals surface area contributed by atoms with Crippen molar-refractivity contribution >= 4 is 6.29 Å². The van der Waals surface area contributed by atoms with E-state index in [1.807, 2.05) is 7.05 Å². The van der Waals surface area contributed by atoms with Gasteiger partial charge in [0.15, 0.2) is 0 Å². The fraction of sp³-hybridized carbons (Fsp3) is 0.900. The Kier molecular flexibility index (Phi) is 3.91. The topological polar surface area (TPSA) is 20.3 Å². The van der Waals surface area contributed by atoms with E-state index in [1.54, 1.807) is 0 Å². The molecule has 0 spiro atoms. The van der Waals surface area contributed by atoms with Crippen LogP contribution in [0.2, 0.25) is 0 Å². The lowest BCUT2D eigenvalue weighted by molar-refractivity contribution is -0.115. The van der Waals surface area contributed by atoms with Crippen LogP contribution in [0.5, 0.6) is 0 Å². The smallest absolute Gasteiger partial charge is 0.137 e. The second kappa shape index (κ2) is 4.04. The minimum atomic E-state index is 0.0324. The van der Waals surface area contributed by atoms with Crippen LogP contribution in [0, 0.1) is 5.92 Å². The van der Waals surface area contributed by atoms with Crippen LogP contribution >= 0.6 is 0 Å². The highest BCUT2D eigenvalue weighted by atomic mass is 16.1. The van der Waals surface area contributed by atoms with Gasteiger partial charge in [-0.3, -0.25) is 4.90 Å². The maximum absolute atomic E-state index is 10.8. The van der Waals surface area contributed by atoms with Crippen molar-refractivity contribution in [3.63, 3.8) is 0 Å². The molecule has 0 aliphatic carbocycles. The van der Waals surface area contributed by atoms with Gasteiger partial charge in [-0.15, -0.1) is 0 Å². The molecule has 0 unspecified atom stereocenters. The molecule has 0 amide bonds. The molecule has 2 nitrogen and oxygen atoms in total. The van der Waals surface area contributed by atoms with Crippen molar-refractivity contribution in [3.8, 4) is 0 Å². The Morgan fingerprint density at radius 3 is 1.75 bits per heavy atom. The normalized spacial score (nSPS) is 15.3. The molecule has 0 aliphatic rings. The van der Waals surface area contributed by atoms with Gasteiger partial charge in [0.25, 0.3) is 0 Å². The van der Waals surface area contributed by atoms with Gasteiger partial charge in [0.05, 0.1) is 6.04 Å². The summed E-state index contributed by atoms with van der Waals surface area (Å²) < 4.78 is 0. The Labute approximate surface area is 75.9 Å². The van der Waals surface area contributed by atoms with E-state index in [1.165, 1.54) is 0 Å². The molecule has 0 aromatic rings. The van der Waals surface area contributed by atoms with E-state index in [9.17, 15) is 4.79 Å². The maximum Gasteiger partial charge on any atom is 0.137 e. The van der Waals surface area contributed by atoms with Crippen molar-refractivity contribution in [1.29, 1.82) is 0 Å². The molecular weight excluding hydrogens is 150 g/mol. The summed E-state index contributed by atoms with van der Waals surface area (Å²) in [6.07, 6.45) is 1.04. The predicted octanol–water partition coefficient (Wildman–Crippen LogP) is 1.94. The Morgan fingerprint density at radius 2 is 1.67 bits per heavy atom. The lowest BCUT2D eigenvalue weighted by Crippen LogP contribution is -2.48. The summed E-state index contributed by atoms with van der Waals surface area (Å²) in [6.45, 7) is 10.5. The van der Waals surface area contributed by atoms with E-state index < -0.39 is 0 Å². The molecule has 0 aromatic carbocycles. The van der Waals surface area contributed by atoms with Gasteiger partial charge in [-0.05, 0) is 33.7 Å². The Balaban J connectivity index is 4.42. The molecule has 72 valence electrons. The zero-order valence-electron chi connectivity index (χ0n) is 9.09. The first-order chi connectivity index (χ1) is 5.30. The van der Waals surface area contributed by atoms with Crippen LogP contribution in [0.25, 0.3) is 0 Å². The van der Waals surface area contributed by atoms with Gasteiger partial charge in [0, 0.05) is 5.54 Å². The highest BCUT2D eigenvalue weighted by Gasteiger charge is 2.26. The van der Waals surface area contributed by atoms with Gasteiger partial charge >= 0.3 is 0 Å². The Bertz CT molecular complexity index is 146. The summed E-state index contributed by atoms with van der Waals surface area (Å²) in [5, 5.41) is 0. The summed E-state index contributed by atoms with van der Waals surface area (Å²) >= 11 is 0. The number of carbonyl (C=O) groups excluding carboxylic acids is 1. The van der Waals surface area contributed by atoms with Crippen molar-refractivity contribution in [1.82, 2.24) is 4.90 Å². The minimum absolute atomic E-state index is 0.0324. The van der Waals surface area contributed by atoms with E-state index in [0.717, 1.165) is 6.29 Å². The van der Waals surface area contributed by atoms with Crippen LogP contribution in [-0.2, 0) is 4.79 Å². The number of aldehydes is 1. The number of hydrogen-bond acceptors (Lipinski definition) is 2. The molecule has 0 heterocycles. The lowest BCUT2D eigenvalue weighted by Gasteiger charge is -2.37. The molecule has 0 aromatic heterocycles. The average molecular weight is 171 g/mol. The fourth-order valence-corrected chi connectivity index (χ4v) is 1.14. The molecule has 0 saturated heterocycles. The van der Waals surface area contributed by atoms with E-state index in [2.05, 4.69) is 39.5 Å². The van der Waals surface area contributed by atoms with Crippen molar-refractivity contribution < 1.29 is 4.79 Å². The SMILES string of the molecule is CC(C)[C@@H](C=O)N(C)C(C)(C)C. The Hall–Kier alpha value is -0.370. The maximum atomic E-state index is 10.8. The standard InChI is InChI=1S/C10H21NO/c1-8(2)9(7-12)11(6)10(3,4)5/h7-9H,1-6H3/t9-/m1/s1. The van der Waals surface area contributed by atoms with Crippen LogP contribution < -0.4 is 0 Å². The molecule has 0 saturated carbocycles. The summed E-state index contributed by atoms with van der Waals surface area (Å²) in [5.74, 6) is 0.381. The second-order valence-electron chi connectivity index (χ2n) is 4.65. The number of carbonyl (C=O) groups is 1. The molecule has 0 fully saturated rings. The lowest BCUT2D eigenvalue weighted by atomic mass is 9.98. The van der Waals surface area contributed by atoms with E-state index in [4.69, 9.17) is 0 Å². The van der Waals surface area contributed by atoms with Crippen LogP contribution in [0.15, 0.2) is 0 Å². The zero-order chi connectivity index (χ0) is 9.94. The second-order valence-corrected chi connectivity index (χ2v) is 4.65. The fourth-order valence-electron chi connectivity index (χ4n) is 1.14. The molecule has 0 aliphatic heterocycles. The molecule has 0 N–H and O–H groups in total. The molecule has 1 atom stereocenters. The van der Waals surface area contributed by atoms with Crippen LogP contribution in [0.3, 0.4) is 0 Å². The minimum Gasteiger partial charge on any atom is -0.302 e. The summed E-state index contributed by atoms with van der Waals surface area (Å²) in [6, 6.07) is 0.0324. The summed E-state index contributed by atoms with van der Waals surface area (Å²) in [4.78, 5) is 12.9. The molecule has 0 rings (SSSR count). The van der Waals surface area contributed by atoms with E-state index >= 15 is 0 Å². The third-order valence-electron chi connectivity index (χ3n) is 2.33. The van der Waals surface area contributed by atoms with Gasteiger partial charge < -0.3 is 4.79 Å². The largest absolute Gasteiger partial charge is 0.302 e. The number of nitrogens with zero attached hydrogens (tertiary/aromatic N) is 1. The third-order valence-corrected chi connectivity index (χ3v) is 2.33. The monoisotopic (exact) mass is 171 g/mol. The molecule has 0 radical (unpaired) electrons. The average Bonchev–Trinajstić information content (AvgIpc) is 1.86. The van der Waals surface area contributed by atoms with Gasteiger partial charge in [0.2, 0.25) is 0 Å². The summed E-state index contributed by atoms with van der Waals surface area (Å²) in [5.41, 5.74) is 0.0653. The third kappa shape index (κ3) is 2.94.